The monoisotopic (exact) mass is 645 g/mol. The van der Waals surface area contributed by atoms with Gasteiger partial charge in [0.25, 0.3) is 11.8 Å². The van der Waals surface area contributed by atoms with Crippen LogP contribution in [0.25, 0.3) is 6.08 Å². The Bertz CT molecular complexity index is 1730. The number of methoxy groups -OCH3 is 3. The van der Waals surface area contributed by atoms with Crippen LogP contribution in [0, 0.1) is 6.92 Å². The number of ether oxygens (including phenoxy) is 3. The van der Waals surface area contributed by atoms with Gasteiger partial charge >= 0.3 is 0 Å². The van der Waals surface area contributed by atoms with Gasteiger partial charge in [-0.25, -0.2) is 0 Å². The van der Waals surface area contributed by atoms with Crippen molar-refractivity contribution in [2.75, 3.05) is 37.7 Å². The molecule has 11 heteroatoms. The van der Waals surface area contributed by atoms with E-state index in [0.29, 0.717) is 44.8 Å². The number of benzene rings is 4. The van der Waals surface area contributed by atoms with Crippen molar-refractivity contribution in [2.24, 2.45) is 0 Å². The molecule has 0 saturated carbocycles. The summed E-state index contributed by atoms with van der Waals surface area (Å²) in [6.45, 7) is 1.84. The van der Waals surface area contributed by atoms with Crippen molar-refractivity contribution in [1.29, 1.82) is 0 Å². The lowest BCUT2D eigenvalue weighted by molar-refractivity contribution is -0.114. The number of hydrogen-bond acceptors (Lipinski definition) is 7. The van der Waals surface area contributed by atoms with Crippen LogP contribution in [0.15, 0.2) is 95.5 Å². The number of halogens is 1. The van der Waals surface area contributed by atoms with Gasteiger partial charge in [-0.2, -0.15) is 0 Å². The van der Waals surface area contributed by atoms with Crippen LogP contribution in [0.4, 0.5) is 11.4 Å². The zero-order valence-electron chi connectivity index (χ0n) is 25.1. The maximum absolute atomic E-state index is 13.6. The summed E-state index contributed by atoms with van der Waals surface area (Å²) in [5.41, 5.74) is 2.70. The number of carbonyl (C=O) groups excluding carboxylic acids is 3. The lowest BCUT2D eigenvalue weighted by atomic mass is 10.1. The van der Waals surface area contributed by atoms with Crippen molar-refractivity contribution in [3.63, 3.8) is 0 Å². The first-order chi connectivity index (χ1) is 21.7. The molecule has 0 heterocycles. The fraction of sp³-hybridized carbons (Fsp3) is 0.147. The van der Waals surface area contributed by atoms with E-state index in [2.05, 4.69) is 16.0 Å². The maximum atomic E-state index is 13.6. The second-order valence-electron chi connectivity index (χ2n) is 9.58. The fourth-order valence-corrected chi connectivity index (χ4v) is 5.16. The molecule has 0 saturated heterocycles. The lowest BCUT2D eigenvalue weighted by Gasteiger charge is -2.14. The summed E-state index contributed by atoms with van der Waals surface area (Å²) in [7, 11) is 4.51. The maximum Gasteiger partial charge on any atom is 0.272 e. The predicted molar refractivity (Wildman–Crippen MR) is 179 cm³/mol. The first-order valence-corrected chi connectivity index (χ1v) is 15.1. The number of rotatable bonds is 12. The molecule has 0 radical (unpaired) electrons. The molecule has 232 valence electrons. The minimum Gasteiger partial charge on any atom is -0.495 e. The molecule has 4 aromatic rings. The van der Waals surface area contributed by atoms with Crippen LogP contribution in [0.3, 0.4) is 0 Å². The summed E-state index contributed by atoms with van der Waals surface area (Å²) in [5.74, 6) is 0.187. The zero-order valence-corrected chi connectivity index (χ0v) is 26.7. The summed E-state index contributed by atoms with van der Waals surface area (Å²) in [4.78, 5) is 40.1. The molecule has 0 atom stereocenters. The topological polar surface area (TPSA) is 115 Å². The Hall–Kier alpha value is -4.93. The van der Waals surface area contributed by atoms with Gasteiger partial charge in [-0.05, 0) is 61.0 Å². The van der Waals surface area contributed by atoms with Gasteiger partial charge in [0.2, 0.25) is 5.91 Å². The summed E-state index contributed by atoms with van der Waals surface area (Å²) in [6.07, 6.45) is 1.52. The highest BCUT2D eigenvalue weighted by Crippen LogP contribution is 2.33. The molecule has 0 spiro atoms. The minimum atomic E-state index is -0.561. The van der Waals surface area contributed by atoms with E-state index >= 15 is 0 Å². The molecule has 3 N–H and O–H groups in total. The molecule has 4 rings (SSSR count). The van der Waals surface area contributed by atoms with Crippen LogP contribution in [0.1, 0.15) is 21.5 Å². The molecule has 0 aromatic heterocycles. The molecule has 0 fully saturated rings. The van der Waals surface area contributed by atoms with Crippen LogP contribution in [0.5, 0.6) is 17.2 Å². The second-order valence-corrected chi connectivity index (χ2v) is 11.0. The molecular formula is C34H32ClN3O6S. The van der Waals surface area contributed by atoms with Gasteiger partial charge in [0, 0.05) is 32.8 Å². The Kier molecular flexibility index (Phi) is 11.5. The third kappa shape index (κ3) is 8.81. The number of anilines is 2. The average Bonchev–Trinajstić information content (AvgIpc) is 3.05. The first-order valence-electron chi connectivity index (χ1n) is 13.7. The average molecular weight is 646 g/mol. The standard InChI is InChI=1S/C34H32ClN3O6S/c1-21-16-27(30(43-3)19-26(21)35)37-31(39)20-45-25-14-9-13-24(18-25)36-34(41)28(38-33(40)22-10-6-5-7-11-22)17-23-12-8-15-29(42-2)32(23)44-4/h5-19H,20H2,1-4H3,(H,36,41)(H,37,39)(H,38,40)/b28-17+. The van der Waals surface area contributed by atoms with Gasteiger partial charge in [0.1, 0.15) is 11.4 Å². The van der Waals surface area contributed by atoms with Crippen molar-refractivity contribution in [3.8, 4) is 17.2 Å². The Morgan fingerprint density at radius 1 is 0.822 bits per heavy atom. The van der Waals surface area contributed by atoms with Gasteiger partial charge in [-0.1, -0.05) is 48.0 Å². The van der Waals surface area contributed by atoms with E-state index in [1.54, 1.807) is 78.9 Å². The highest BCUT2D eigenvalue weighted by Gasteiger charge is 2.18. The van der Waals surface area contributed by atoms with Gasteiger partial charge in [0.05, 0.1) is 32.8 Å². The number of carbonyl (C=O) groups is 3. The summed E-state index contributed by atoms with van der Waals surface area (Å²) < 4.78 is 16.2. The smallest absolute Gasteiger partial charge is 0.272 e. The van der Waals surface area contributed by atoms with Crippen LogP contribution in [-0.4, -0.2) is 44.8 Å². The molecule has 3 amide bonds. The van der Waals surface area contributed by atoms with E-state index in [4.69, 9.17) is 25.8 Å². The van der Waals surface area contributed by atoms with Crippen LogP contribution >= 0.6 is 23.4 Å². The summed E-state index contributed by atoms with van der Waals surface area (Å²) in [5, 5.41) is 8.96. The van der Waals surface area contributed by atoms with E-state index < -0.39 is 11.8 Å². The number of para-hydroxylation sites is 1. The highest BCUT2D eigenvalue weighted by atomic mass is 35.5. The Labute approximate surface area is 270 Å². The molecule has 0 aliphatic heterocycles. The molecule has 0 bridgehead atoms. The molecule has 0 unspecified atom stereocenters. The van der Waals surface area contributed by atoms with Crippen molar-refractivity contribution >= 4 is 58.5 Å². The van der Waals surface area contributed by atoms with E-state index in [9.17, 15) is 14.4 Å². The Morgan fingerprint density at radius 3 is 2.27 bits per heavy atom. The Balaban J connectivity index is 1.51. The number of aryl methyl sites for hydroxylation is 1. The third-order valence-electron chi connectivity index (χ3n) is 6.48. The molecule has 45 heavy (non-hydrogen) atoms. The summed E-state index contributed by atoms with van der Waals surface area (Å²) in [6, 6.07) is 24.3. The van der Waals surface area contributed by atoms with E-state index in [1.807, 2.05) is 13.0 Å². The van der Waals surface area contributed by atoms with Crippen molar-refractivity contribution in [1.82, 2.24) is 5.32 Å². The minimum absolute atomic E-state index is 0.0138. The summed E-state index contributed by atoms with van der Waals surface area (Å²) >= 11 is 7.46. The third-order valence-corrected chi connectivity index (χ3v) is 7.88. The largest absolute Gasteiger partial charge is 0.495 e. The molecule has 9 nitrogen and oxygen atoms in total. The van der Waals surface area contributed by atoms with Crippen molar-refractivity contribution in [3.05, 3.63) is 112 Å². The molecule has 0 aliphatic carbocycles. The molecular weight excluding hydrogens is 614 g/mol. The van der Waals surface area contributed by atoms with Crippen molar-refractivity contribution < 1.29 is 28.6 Å². The van der Waals surface area contributed by atoms with Crippen LogP contribution in [0.2, 0.25) is 5.02 Å². The predicted octanol–water partition coefficient (Wildman–Crippen LogP) is 6.81. The lowest BCUT2D eigenvalue weighted by Crippen LogP contribution is -2.30. The normalized spacial score (nSPS) is 10.9. The fourth-order valence-electron chi connectivity index (χ4n) is 4.25. The quantitative estimate of drug-likeness (QED) is 0.114. The van der Waals surface area contributed by atoms with Crippen LogP contribution < -0.4 is 30.2 Å². The number of thioether (sulfide) groups is 1. The SMILES string of the molecule is COc1cc(Cl)c(C)cc1NC(=O)CSc1cccc(NC(=O)/C(=C\c2cccc(OC)c2OC)NC(=O)c2ccccc2)c1. The highest BCUT2D eigenvalue weighted by molar-refractivity contribution is 8.00. The van der Waals surface area contributed by atoms with Gasteiger partial charge < -0.3 is 30.2 Å². The van der Waals surface area contributed by atoms with Gasteiger partial charge in [0.15, 0.2) is 11.5 Å². The number of hydrogen-bond donors (Lipinski definition) is 3. The van der Waals surface area contributed by atoms with Gasteiger partial charge in [-0.15, -0.1) is 11.8 Å². The zero-order chi connectivity index (χ0) is 32.3. The Morgan fingerprint density at radius 2 is 1.56 bits per heavy atom. The number of nitrogens with one attached hydrogen (secondary N) is 3. The van der Waals surface area contributed by atoms with E-state index in [0.717, 1.165) is 10.5 Å². The van der Waals surface area contributed by atoms with Crippen LogP contribution in [-0.2, 0) is 9.59 Å². The van der Waals surface area contributed by atoms with Gasteiger partial charge in [-0.3, -0.25) is 14.4 Å². The van der Waals surface area contributed by atoms with Crippen molar-refractivity contribution in [2.45, 2.75) is 11.8 Å². The van der Waals surface area contributed by atoms with E-state index in [-0.39, 0.29) is 17.4 Å². The number of amides is 3. The molecule has 4 aromatic carbocycles. The second kappa shape index (κ2) is 15.7. The first kappa shape index (κ1) is 33.0. The van der Waals surface area contributed by atoms with E-state index in [1.165, 1.54) is 39.2 Å². The molecule has 0 aliphatic rings.